The molecule has 0 N–H and O–H groups in total. The van der Waals surface area contributed by atoms with Crippen LogP contribution in [0.25, 0.3) is 0 Å². The molecule has 2 atom stereocenters. The highest BCUT2D eigenvalue weighted by Crippen LogP contribution is 2.28. The second-order valence-corrected chi connectivity index (χ2v) is 6.13. The van der Waals surface area contributed by atoms with E-state index >= 15 is 0 Å². The lowest BCUT2D eigenvalue weighted by Crippen LogP contribution is -2.65. The fraction of sp³-hybridized carbons (Fsp3) is 0.643. The van der Waals surface area contributed by atoms with Crippen molar-refractivity contribution in [2.45, 2.75) is 51.2 Å². The van der Waals surface area contributed by atoms with Gasteiger partial charge in [0.25, 0.3) is 0 Å². The highest BCUT2D eigenvalue weighted by molar-refractivity contribution is 7.07. The van der Waals surface area contributed by atoms with Crippen LogP contribution in [-0.2, 0) is 16.1 Å². The van der Waals surface area contributed by atoms with Gasteiger partial charge in [0.05, 0.1) is 17.7 Å². The number of hydrogen-bond donors (Lipinski definition) is 0. The minimum absolute atomic E-state index is 0.101. The van der Waals surface area contributed by atoms with Crippen molar-refractivity contribution >= 4 is 23.2 Å². The zero-order valence-corrected chi connectivity index (χ0v) is 12.4. The van der Waals surface area contributed by atoms with Gasteiger partial charge in [-0.3, -0.25) is 9.59 Å². The molecule has 1 aromatic rings. The number of rotatable bonds is 3. The van der Waals surface area contributed by atoms with Gasteiger partial charge in [0, 0.05) is 11.9 Å². The van der Waals surface area contributed by atoms with Crippen LogP contribution in [0.2, 0.25) is 0 Å². The van der Waals surface area contributed by atoms with E-state index in [1.807, 2.05) is 12.3 Å². The third-order valence-corrected chi connectivity index (χ3v) is 4.85. The van der Waals surface area contributed by atoms with Crippen LogP contribution >= 0.6 is 11.3 Å². The summed E-state index contributed by atoms with van der Waals surface area (Å²) in [5, 5.41) is 1.94. The molecule has 3 heterocycles. The molecule has 0 spiro atoms. The van der Waals surface area contributed by atoms with E-state index < -0.39 is 0 Å². The molecule has 6 heteroatoms. The zero-order valence-electron chi connectivity index (χ0n) is 11.6. The molecule has 0 aromatic carbocycles. The van der Waals surface area contributed by atoms with E-state index in [-0.39, 0.29) is 23.9 Å². The van der Waals surface area contributed by atoms with Gasteiger partial charge in [-0.25, -0.2) is 4.98 Å². The maximum atomic E-state index is 12.7. The van der Waals surface area contributed by atoms with Crippen LogP contribution in [0.1, 0.15) is 38.3 Å². The van der Waals surface area contributed by atoms with Gasteiger partial charge < -0.3 is 9.80 Å². The summed E-state index contributed by atoms with van der Waals surface area (Å²) < 4.78 is 0. The molecule has 0 bridgehead atoms. The predicted octanol–water partition coefficient (Wildman–Crippen LogP) is 1.64. The molecular formula is C14H19N3O2S. The number of thiazole rings is 1. The van der Waals surface area contributed by atoms with Crippen LogP contribution < -0.4 is 0 Å². The molecular weight excluding hydrogens is 274 g/mol. The molecule has 20 heavy (non-hydrogen) atoms. The van der Waals surface area contributed by atoms with Gasteiger partial charge in [0.15, 0.2) is 0 Å². The van der Waals surface area contributed by atoms with Gasteiger partial charge in [-0.05, 0) is 25.7 Å². The van der Waals surface area contributed by atoms with E-state index in [1.165, 1.54) is 11.3 Å². The molecule has 0 radical (unpaired) electrons. The summed E-state index contributed by atoms with van der Waals surface area (Å²) in [6.07, 6.45) is 3.51. The van der Waals surface area contributed by atoms with Crippen LogP contribution in [0, 0.1) is 0 Å². The number of piperidine rings is 1. The number of aromatic nitrogens is 1. The lowest BCUT2D eigenvalue weighted by atomic mass is 9.94. The molecule has 3 rings (SSSR count). The first-order chi connectivity index (χ1) is 9.72. The Kier molecular flexibility index (Phi) is 3.74. The second kappa shape index (κ2) is 5.52. The molecule has 2 aliphatic rings. The largest absolute Gasteiger partial charge is 0.329 e. The topological polar surface area (TPSA) is 53.5 Å². The average Bonchev–Trinajstić information content (AvgIpc) is 2.98. The minimum atomic E-state index is -0.321. The average molecular weight is 293 g/mol. The number of piperazine rings is 1. The summed E-state index contributed by atoms with van der Waals surface area (Å²) in [6, 6.07) is -0.559. The van der Waals surface area contributed by atoms with E-state index in [0.29, 0.717) is 13.0 Å². The molecule has 1 aromatic heterocycles. The van der Waals surface area contributed by atoms with Crippen molar-refractivity contribution in [1.82, 2.24) is 14.8 Å². The van der Waals surface area contributed by atoms with Crippen LogP contribution in [-0.4, -0.2) is 45.2 Å². The van der Waals surface area contributed by atoms with Gasteiger partial charge in [0.2, 0.25) is 11.8 Å². The van der Waals surface area contributed by atoms with Crippen molar-refractivity contribution in [2.24, 2.45) is 0 Å². The Labute approximate surface area is 122 Å². The fourth-order valence-electron chi connectivity index (χ4n) is 3.20. The van der Waals surface area contributed by atoms with Gasteiger partial charge in [-0.1, -0.05) is 6.92 Å². The number of carbonyl (C=O) groups is 2. The molecule has 2 saturated heterocycles. The third kappa shape index (κ3) is 2.22. The van der Waals surface area contributed by atoms with Crippen LogP contribution in [0.5, 0.6) is 0 Å². The molecule has 108 valence electrons. The zero-order chi connectivity index (χ0) is 14.1. The summed E-state index contributed by atoms with van der Waals surface area (Å²) in [7, 11) is 0. The van der Waals surface area contributed by atoms with Gasteiger partial charge in [-0.15, -0.1) is 11.3 Å². The van der Waals surface area contributed by atoms with E-state index in [9.17, 15) is 9.59 Å². The highest BCUT2D eigenvalue weighted by atomic mass is 32.1. The molecule has 0 saturated carbocycles. The molecule has 2 amide bonds. The van der Waals surface area contributed by atoms with Crippen LogP contribution in [0.4, 0.5) is 0 Å². The SMILES string of the molecule is CCC1C(=O)N2CCCCC2C(=O)N1Cc1cscn1. The minimum Gasteiger partial charge on any atom is -0.329 e. The predicted molar refractivity (Wildman–Crippen MR) is 76.1 cm³/mol. The lowest BCUT2D eigenvalue weighted by Gasteiger charge is -2.46. The monoisotopic (exact) mass is 293 g/mol. The van der Waals surface area contributed by atoms with E-state index in [4.69, 9.17) is 0 Å². The number of hydrogen-bond acceptors (Lipinski definition) is 4. The third-order valence-electron chi connectivity index (χ3n) is 4.22. The molecule has 2 fully saturated rings. The van der Waals surface area contributed by atoms with Crippen molar-refractivity contribution in [3.63, 3.8) is 0 Å². The molecule has 5 nitrogen and oxygen atoms in total. The maximum absolute atomic E-state index is 12.7. The van der Waals surface area contributed by atoms with E-state index in [2.05, 4.69) is 4.98 Å². The Balaban J connectivity index is 1.86. The maximum Gasteiger partial charge on any atom is 0.246 e. The Morgan fingerprint density at radius 1 is 1.35 bits per heavy atom. The van der Waals surface area contributed by atoms with E-state index in [1.54, 1.807) is 15.3 Å². The number of carbonyl (C=O) groups excluding carboxylic acids is 2. The van der Waals surface area contributed by atoms with Crippen molar-refractivity contribution in [3.8, 4) is 0 Å². The first-order valence-corrected chi connectivity index (χ1v) is 8.14. The van der Waals surface area contributed by atoms with Gasteiger partial charge >= 0.3 is 0 Å². The van der Waals surface area contributed by atoms with Crippen molar-refractivity contribution in [3.05, 3.63) is 16.6 Å². The summed E-state index contributed by atoms with van der Waals surface area (Å²) in [5.74, 6) is 0.219. The Morgan fingerprint density at radius 3 is 2.90 bits per heavy atom. The molecule has 2 unspecified atom stereocenters. The van der Waals surface area contributed by atoms with Crippen molar-refractivity contribution in [1.29, 1.82) is 0 Å². The van der Waals surface area contributed by atoms with Crippen LogP contribution in [0.3, 0.4) is 0 Å². The Hall–Kier alpha value is -1.43. The summed E-state index contributed by atoms with van der Waals surface area (Å²) in [5.41, 5.74) is 2.64. The first-order valence-electron chi connectivity index (χ1n) is 7.20. The van der Waals surface area contributed by atoms with Gasteiger partial charge in [0.1, 0.15) is 12.1 Å². The van der Waals surface area contributed by atoms with Crippen molar-refractivity contribution in [2.75, 3.05) is 6.54 Å². The number of fused-ring (bicyclic) bond motifs is 1. The standard InChI is InChI=1S/C14H19N3O2S/c1-2-11-13(18)16-6-4-3-5-12(16)14(19)17(11)7-10-8-20-9-15-10/h8-9,11-12H,2-7H2,1H3. The smallest absolute Gasteiger partial charge is 0.246 e. The summed E-state index contributed by atoms with van der Waals surface area (Å²) in [6.45, 7) is 3.15. The van der Waals surface area contributed by atoms with E-state index in [0.717, 1.165) is 31.5 Å². The lowest BCUT2D eigenvalue weighted by molar-refractivity contribution is -0.164. The van der Waals surface area contributed by atoms with Crippen LogP contribution in [0.15, 0.2) is 10.9 Å². The summed E-state index contributed by atoms with van der Waals surface area (Å²) >= 11 is 1.52. The second-order valence-electron chi connectivity index (χ2n) is 5.41. The Morgan fingerprint density at radius 2 is 2.20 bits per heavy atom. The molecule has 2 aliphatic heterocycles. The first kappa shape index (κ1) is 13.5. The summed E-state index contributed by atoms with van der Waals surface area (Å²) in [4.78, 5) is 33.1. The quantitative estimate of drug-likeness (QED) is 0.851. The number of amides is 2. The number of nitrogens with zero attached hydrogens (tertiary/aromatic N) is 3. The Bertz CT molecular complexity index is 503. The highest BCUT2D eigenvalue weighted by Gasteiger charge is 2.45. The normalized spacial score (nSPS) is 26.9. The van der Waals surface area contributed by atoms with Crippen molar-refractivity contribution < 1.29 is 9.59 Å². The molecule has 0 aliphatic carbocycles. The fourth-order valence-corrected chi connectivity index (χ4v) is 3.74. The van der Waals surface area contributed by atoms with Gasteiger partial charge in [-0.2, -0.15) is 0 Å².